The van der Waals surface area contributed by atoms with Crippen LogP contribution in [0, 0.1) is 6.92 Å². The van der Waals surface area contributed by atoms with Crippen molar-refractivity contribution in [3.63, 3.8) is 0 Å². The number of aromatic nitrogens is 3. The summed E-state index contributed by atoms with van der Waals surface area (Å²) < 4.78 is 4.72. The third kappa shape index (κ3) is 2.28. The van der Waals surface area contributed by atoms with Crippen molar-refractivity contribution in [3.8, 4) is 0 Å². The summed E-state index contributed by atoms with van der Waals surface area (Å²) in [6, 6.07) is 12.3. The fourth-order valence-electron chi connectivity index (χ4n) is 3.07. The summed E-state index contributed by atoms with van der Waals surface area (Å²) in [6.45, 7) is 2.68. The molecule has 0 fully saturated rings. The van der Waals surface area contributed by atoms with Gasteiger partial charge in [-0.1, -0.05) is 30.3 Å². The van der Waals surface area contributed by atoms with Crippen LogP contribution in [0.5, 0.6) is 0 Å². The number of thiophene rings is 1. The standard InChI is InChI=1S/C18H17N3OS/c1-12-10-15-17(23-12)14-11-19-21(18(22)16(14)20(15)2)9-8-13-6-4-3-5-7-13/h3-7,10-11H,8-9H2,1-2H3. The molecule has 4 rings (SSSR count). The molecule has 0 saturated carbocycles. The molecule has 0 amide bonds. The van der Waals surface area contributed by atoms with E-state index in [1.165, 1.54) is 10.4 Å². The summed E-state index contributed by atoms with van der Waals surface area (Å²) in [4.78, 5) is 14.1. The van der Waals surface area contributed by atoms with E-state index in [0.717, 1.165) is 27.5 Å². The van der Waals surface area contributed by atoms with Gasteiger partial charge in [0.1, 0.15) is 5.52 Å². The van der Waals surface area contributed by atoms with Crippen molar-refractivity contribution in [2.75, 3.05) is 0 Å². The van der Waals surface area contributed by atoms with Crippen molar-refractivity contribution in [2.45, 2.75) is 19.9 Å². The van der Waals surface area contributed by atoms with E-state index in [-0.39, 0.29) is 5.56 Å². The highest BCUT2D eigenvalue weighted by molar-refractivity contribution is 7.20. The van der Waals surface area contributed by atoms with E-state index in [4.69, 9.17) is 0 Å². The minimum Gasteiger partial charge on any atom is -0.338 e. The molecule has 0 atom stereocenters. The number of hydrogen-bond donors (Lipinski definition) is 0. The number of hydrogen-bond acceptors (Lipinski definition) is 3. The first-order chi connectivity index (χ1) is 11.1. The number of rotatable bonds is 3. The van der Waals surface area contributed by atoms with Crippen molar-refractivity contribution in [2.24, 2.45) is 7.05 Å². The van der Waals surface area contributed by atoms with Gasteiger partial charge in [0.25, 0.3) is 5.56 Å². The van der Waals surface area contributed by atoms with Gasteiger partial charge in [0.2, 0.25) is 0 Å². The first-order valence-electron chi connectivity index (χ1n) is 7.64. The second-order valence-corrected chi connectivity index (χ2v) is 7.06. The lowest BCUT2D eigenvalue weighted by atomic mass is 10.1. The fourth-order valence-corrected chi connectivity index (χ4v) is 4.12. The molecule has 3 aromatic heterocycles. The van der Waals surface area contributed by atoms with Gasteiger partial charge in [0.05, 0.1) is 16.4 Å². The molecule has 0 bridgehead atoms. The Bertz CT molecular complexity index is 1060. The number of aryl methyl sites for hydroxylation is 4. The van der Waals surface area contributed by atoms with E-state index in [9.17, 15) is 4.79 Å². The first kappa shape index (κ1) is 14.2. The molecule has 4 aromatic rings. The zero-order chi connectivity index (χ0) is 16.0. The van der Waals surface area contributed by atoms with Crippen LogP contribution in [0.2, 0.25) is 0 Å². The number of nitrogens with zero attached hydrogens (tertiary/aromatic N) is 3. The summed E-state index contributed by atoms with van der Waals surface area (Å²) in [7, 11) is 1.96. The quantitative estimate of drug-likeness (QED) is 0.579. The molecule has 3 heterocycles. The Morgan fingerprint density at radius 3 is 2.78 bits per heavy atom. The summed E-state index contributed by atoms with van der Waals surface area (Å²) in [5, 5.41) is 5.35. The van der Waals surface area contributed by atoms with E-state index >= 15 is 0 Å². The predicted octanol–water partition coefficient (Wildman–Crippen LogP) is 3.50. The molecule has 116 valence electrons. The van der Waals surface area contributed by atoms with Gasteiger partial charge in [0, 0.05) is 23.9 Å². The van der Waals surface area contributed by atoms with Gasteiger partial charge in [0.15, 0.2) is 0 Å². The Morgan fingerprint density at radius 1 is 1.22 bits per heavy atom. The normalized spacial score (nSPS) is 11.6. The Balaban J connectivity index is 1.79. The topological polar surface area (TPSA) is 39.8 Å². The molecule has 0 spiro atoms. The SMILES string of the molecule is Cc1cc2c(s1)c1cnn(CCc3ccccc3)c(=O)c1n2C. The van der Waals surface area contributed by atoms with Crippen LogP contribution in [0.15, 0.2) is 47.4 Å². The van der Waals surface area contributed by atoms with Crippen LogP contribution in [-0.2, 0) is 20.0 Å². The summed E-state index contributed by atoms with van der Waals surface area (Å²) in [5.41, 5.74) is 3.06. The lowest BCUT2D eigenvalue weighted by Gasteiger charge is -2.05. The third-order valence-corrected chi connectivity index (χ3v) is 5.32. The summed E-state index contributed by atoms with van der Waals surface area (Å²) >= 11 is 1.72. The van der Waals surface area contributed by atoms with Crippen molar-refractivity contribution in [3.05, 3.63) is 63.4 Å². The fraction of sp³-hybridized carbons (Fsp3) is 0.222. The van der Waals surface area contributed by atoms with Crippen LogP contribution in [-0.4, -0.2) is 14.3 Å². The van der Waals surface area contributed by atoms with E-state index in [1.54, 1.807) is 16.0 Å². The lowest BCUT2D eigenvalue weighted by Crippen LogP contribution is -2.24. The van der Waals surface area contributed by atoms with Crippen molar-refractivity contribution in [1.82, 2.24) is 14.3 Å². The van der Waals surface area contributed by atoms with E-state index in [2.05, 4.69) is 30.2 Å². The number of fused-ring (bicyclic) bond motifs is 3. The average molecular weight is 323 g/mol. The molecule has 4 nitrogen and oxygen atoms in total. The lowest BCUT2D eigenvalue weighted by molar-refractivity contribution is 0.582. The maximum atomic E-state index is 12.8. The Kier molecular flexibility index (Phi) is 3.31. The van der Waals surface area contributed by atoms with Gasteiger partial charge in [-0.3, -0.25) is 4.79 Å². The van der Waals surface area contributed by atoms with Gasteiger partial charge < -0.3 is 4.57 Å². The van der Waals surface area contributed by atoms with E-state index in [1.807, 2.05) is 36.0 Å². The molecule has 1 aromatic carbocycles. The maximum absolute atomic E-state index is 12.8. The summed E-state index contributed by atoms with van der Waals surface area (Å²) in [6.07, 6.45) is 2.64. The summed E-state index contributed by atoms with van der Waals surface area (Å²) in [5.74, 6) is 0. The second-order valence-electron chi connectivity index (χ2n) is 5.80. The first-order valence-corrected chi connectivity index (χ1v) is 8.45. The Labute approximate surface area is 137 Å². The molecule has 0 saturated heterocycles. The van der Waals surface area contributed by atoms with Crippen LogP contribution in [0.25, 0.3) is 21.1 Å². The van der Waals surface area contributed by atoms with E-state index < -0.39 is 0 Å². The molecule has 0 unspecified atom stereocenters. The maximum Gasteiger partial charge on any atom is 0.291 e. The highest BCUT2D eigenvalue weighted by Crippen LogP contribution is 2.32. The smallest absolute Gasteiger partial charge is 0.291 e. The monoisotopic (exact) mass is 323 g/mol. The van der Waals surface area contributed by atoms with Crippen LogP contribution in [0.1, 0.15) is 10.4 Å². The van der Waals surface area contributed by atoms with E-state index in [0.29, 0.717) is 6.54 Å². The zero-order valence-corrected chi connectivity index (χ0v) is 13.9. The third-order valence-electron chi connectivity index (χ3n) is 4.25. The molecule has 0 aliphatic rings. The van der Waals surface area contributed by atoms with Crippen molar-refractivity contribution in [1.29, 1.82) is 0 Å². The largest absolute Gasteiger partial charge is 0.338 e. The van der Waals surface area contributed by atoms with Gasteiger partial charge >= 0.3 is 0 Å². The van der Waals surface area contributed by atoms with Crippen molar-refractivity contribution >= 4 is 32.5 Å². The average Bonchev–Trinajstić information content (AvgIpc) is 3.06. The van der Waals surface area contributed by atoms with Crippen LogP contribution in [0.4, 0.5) is 0 Å². The molecule has 0 N–H and O–H groups in total. The highest BCUT2D eigenvalue weighted by atomic mass is 32.1. The number of benzene rings is 1. The predicted molar refractivity (Wildman–Crippen MR) is 95.2 cm³/mol. The van der Waals surface area contributed by atoms with Gasteiger partial charge in [-0.15, -0.1) is 11.3 Å². The van der Waals surface area contributed by atoms with Gasteiger partial charge in [-0.25, -0.2) is 4.68 Å². The Hall–Kier alpha value is -2.40. The second kappa shape index (κ2) is 5.35. The van der Waals surface area contributed by atoms with Gasteiger partial charge in [-0.05, 0) is 25.0 Å². The minimum atomic E-state index is -0.0121. The Morgan fingerprint density at radius 2 is 2.00 bits per heavy atom. The van der Waals surface area contributed by atoms with Crippen LogP contribution >= 0.6 is 11.3 Å². The molecule has 5 heteroatoms. The highest BCUT2D eigenvalue weighted by Gasteiger charge is 2.15. The van der Waals surface area contributed by atoms with Crippen LogP contribution < -0.4 is 5.56 Å². The molecule has 23 heavy (non-hydrogen) atoms. The molecular formula is C18H17N3OS. The molecule has 0 aliphatic heterocycles. The molecule has 0 radical (unpaired) electrons. The van der Waals surface area contributed by atoms with Crippen LogP contribution in [0.3, 0.4) is 0 Å². The van der Waals surface area contributed by atoms with Gasteiger partial charge in [-0.2, -0.15) is 5.10 Å². The minimum absolute atomic E-state index is 0.0121. The molecule has 0 aliphatic carbocycles. The zero-order valence-electron chi connectivity index (χ0n) is 13.1. The van der Waals surface area contributed by atoms with Crippen molar-refractivity contribution < 1.29 is 0 Å². The molecular weight excluding hydrogens is 306 g/mol.